The molecule has 9 heteroatoms. The number of rotatable bonds is 8. The topological polar surface area (TPSA) is 38.3 Å². The summed E-state index contributed by atoms with van der Waals surface area (Å²) < 4.78 is 64.6. The van der Waals surface area contributed by atoms with Gasteiger partial charge < -0.3 is 4.74 Å². The van der Waals surface area contributed by atoms with Crippen molar-refractivity contribution in [1.29, 1.82) is 0 Å². The second-order valence-electron chi connectivity index (χ2n) is 5.56. The van der Waals surface area contributed by atoms with Gasteiger partial charge in [0, 0.05) is 19.5 Å². The van der Waals surface area contributed by atoms with E-state index in [0.717, 1.165) is 23.6 Å². The monoisotopic (exact) mass is 353 g/mol. The number of aromatic nitrogens is 2. The van der Waals surface area contributed by atoms with Crippen LogP contribution in [0.3, 0.4) is 0 Å². The molecule has 0 atom stereocenters. The third kappa shape index (κ3) is 5.72. The van der Waals surface area contributed by atoms with Crippen LogP contribution in [0.25, 0.3) is 5.57 Å². The molecule has 1 aliphatic heterocycles. The summed E-state index contributed by atoms with van der Waals surface area (Å²) in [6.07, 6.45) is 3.01. The van der Waals surface area contributed by atoms with Gasteiger partial charge in [0.05, 0.1) is 18.3 Å². The van der Waals surface area contributed by atoms with Gasteiger partial charge in [-0.15, -0.1) is 4.37 Å². The Balaban J connectivity index is 1.86. The van der Waals surface area contributed by atoms with Gasteiger partial charge in [0.1, 0.15) is 5.69 Å². The van der Waals surface area contributed by atoms with Crippen molar-refractivity contribution in [3.05, 3.63) is 11.8 Å². The van der Waals surface area contributed by atoms with Crippen molar-refractivity contribution in [2.75, 3.05) is 19.7 Å². The predicted octanol–water partition coefficient (Wildman–Crippen LogP) is 4.05. The highest BCUT2D eigenvalue weighted by Crippen LogP contribution is 2.28. The lowest BCUT2D eigenvalue weighted by molar-refractivity contribution is -0.0188. The predicted molar refractivity (Wildman–Crippen MR) is 80.0 cm³/mol. The van der Waals surface area contributed by atoms with Crippen LogP contribution in [0.1, 0.15) is 38.3 Å². The Bertz CT molecular complexity index is 530. The van der Waals surface area contributed by atoms with Crippen molar-refractivity contribution in [2.24, 2.45) is 0 Å². The minimum absolute atomic E-state index is 0.0987. The van der Waals surface area contributed by atoms with Crippen molar-refractivity contribution in [3.8, 4) is 5.88 Å². The Morgan fingerprint density at radius 1 is 1.35 bits per heavy atom. The van der Waals surface area contributed by atoms with E-state index in [1.165, 1.54) is 0 Å². The number of nitrogens with zero attached hydrogens (tertiary/aromatic N) is 3. The van der Waals surface area contributed by atoms with Gasteiger partial charge in [-0.3, -0.25) is 0 Å². The average molecular weight is 353 g/mol. The molecule has 0 saturated carbocycles. The van der Waals surface area contributed by atoms with Crippen LogP contribution in [0.15, 0.2) is 6.08 Å². The van der Waals surface area contributed by atoms with Crippen LogP contribution in [-0.4, -0.2) is 45.8 Å². The van der Waals surface area contributed by atoms with E-state index in [1.807, 2.05) is 6.08 Å². The largest absolute Gasteiger partial charge is 0.475 e. The van der Waals surface area contributed by atoms with Crippen LogP contribution < -0.4 is 4.74 Å². The van der Waals surface area contributed by atoms with Gasteiger partial charge in [0.25, 0.3) is 12.4 Å². The summed E-state index contributed by atoms with van der Waals surface area (Å²) in [6, 6.07) is 0. The maximum Gasteiger partial charge on any atom is 0.295 e. The Hall–Kier alpha value is -1.22. The number of unbranched alkanes of at least 4 members (excludes halogenated alkanes) is 1. The van der Waals surface area contributed by atoms with E-state index in [2.05, 4.69) is 8.75 Å². The molecule has 1 aromatic heterocycles. The lowest BCUT2D eigenvalue weighted by atomic mass is 10.1. The number of hydrogen-bond donors (Lipinski definition) is 0. The van der Waals surface area contributed by atoms with Crippen molar-refractivity contribution in [3.63, 3.8) is 0 Å². The fraction of sp³-hybridized carbons (Fsp3) is 0.714. The van der Waals surface area contributed by atoms with Crippen molar-refractivity contribution in [2.45, 2.75) is 45.1 Å². The molecule has 0 radical (unpaired) electrons. The zero-order valence-corrected chi connectivity index (χ0v) is 13.6. The van der Waals surface area contributed by atoms with Gasteiger partial charge >= 0.3 is 0 Å². The molecule has 0 bridgehead atoms. The second kappa shape index (κ2) is 8.05. The number of halogens is 4. The molecule has 23 heavy (non-hydrogen) atoms. The summed E-state index contributed by atoms with van der Waals surface area (Å²) in [5, 5.41) is 0. The van der Waals surface area contributed by atoms with Gasteiger partial charge in [-0.2, -0.15) is 13.2 Å². The standard InChI is InChI=1S/C14H19F4N3OS/c1-14(17,18)6-2-3-8-22-12-11(19-23-20-12)10-5-4-7-21(9-10)13(15)16/h5,13H,2-4,6-9H2,1H3. The molecule has 1 aliphatic rings. The van der Waals surface area contributed by atoms with Gasteiger partial charge in [-0.1, -0.05) is 6.08 Å². The SMILES string of the molecule is CC(F)(F)CCCCOc1nsnc1C1=CCCN(C(F)F)C1. The second-order valence-corrected chi connectivity index (χ2v) is 6.09. The first-order valence-electron chi connectivity index (χ1n) is 7.41. The summed E-state index contributed by atoms with van der Waals surface area (Å²) in [4.78, 5) is 1.06. The first kappa shape index (κ1) is 18.1. The van der Waals surface area contributed by atoms with E-state index in [0.29, 0.717) is 43.0 Å². The summed E-state index contributed by atoms with van der Waals surface area (Å²) in [5.74, 6) is -2.38. The van der Waals surface area contributed by atoms with E-state index in [1.54, 1.807) is 0 Å². The Morgan fingerprint density at radius 3 is 2.83 bits per heavy atom. The fourth-order valence-electron chi connectivity index (χ4n) is 2.28. The van der Waals surface area contributed by atoms with Gasteiger partial charge in [0.2, 0.25) is 5.92 Å². The zero-order chi connectivity index (χ0) is 16.9. The Morgan fingerprint density at radius 2 is 2.13 bits per heavy atom. The lowest BCUT2D eigenvalue weighted by Crippen LogP contribution is -2.34. The fourth-order valence-corrected chi connectivity index (χ4v) is 2.81. The summed E-state index contributed by atoms with van der Waals surface area (Å²) in [5.41, 5.74) is 1.14. The minimum atomic E-state index is -2.67. The maximum absolute atomic E-state index is 12.8. The van der Waals surface area contributed by atoms with E-state index in [4.69, 9.17) is 4.74 Å². The van der Waals surface area contributed by atoms with Gasteiger partial charge in [-0.25, -0.2) is 13.7 Å². The van der Waals surface area contributed by atoms with Crippen LogP contribution in [0.4, 0.5) is 17.6 Å². The molecule has 0 unspecified atom stereocenters. The number of hydrogen-bond acceptors (Lipinski definition) is 5. The number of alkyl halides is 4. The maximum atomic E-state index is 12.8. The van der Waals surface area contributed by atoms with Crippen molar-refractivity contribution in [1.82, 2.24) is 13.6 Å². The van der Waals surface area contributed by atoms with Gasteiger partial charge in [-0.05, 0) is 31.8 Å². The Kier molecular flexibility index (Phi) is 6.34. The summed E-state index contributed by atoms with van der Waals surface area (Å²) in [7, 11) is 0. The first-order valence-corrected chi connectivity index (χ1v) is 8.14. The molecule has 0 aliphatic carbocycles. The van der Waals surface area contributed by atoms with Crippen molar-refractivity contribution < 1.29 is 22.3 Å². The molecule has 0 fully saturated rings. The molecule has 0 saturated heterocycles. The molecule has 2 rings (SSSR count). The molecule has 0 aromatic carbocycles. The molecule has 2 heterocycles. The highest BCUT2D eigenvalue weighted by molar-refractivity contribution is 6.99. The Labute approximate surface area is 136 Å². The molecular formula is C14H19F4N3OS. The van der Waals surface area contributed by atoms with E-state index >= 15 is 0 Å². The summed E-state index contributed by atoms with van der Waals surface area (Å²) in [6.45, 7) is -0.965. The van der Waals surface area contributed by atoms with Crippen LogP contribution in [0.2, 0.25) is 0 Å². The molecule has 0 N–H and O–H groups in total. The third-order valence-electron chi connectivity index (χ3n) is 3.47. The van der Waals surface area contributed by atoms with E-state index < -0.39 is 12.5 Å². The normalized spacial score (nSPS) is 16.7. The molecule has 0 amide bonds. The molecule has 1 aromatic rings. The quantitative estimate of drug-likeness (QED) is 0.401. The first-order chi connectivity index (χ1) is 10.9. The lowest BCUT2D eigenvalue weighted by Gasteiger charge is -2.25. The highest BCUT2D eigenvalue weighted by atomic mass is 32.1. The molecule has 4 nitrogen and oxygen atoms in total. The zero-order valence-electron chi connectivity index (χ0n) is 12.8. The smallest absolute Gasteiger partial charge is 0.295 e. The average Bonchev–Trinajstić information content (AvgIpc) is 2.94. The summed E-state index contributed by atoms with van der Waals surface area (Å²) >= 11 is 0.946. The van der Waals surface area contributed by atoms with Gasteiger partial charge in [0.15, 0.2) is 0 Å². The third-order valence-corrected chi connectivity index (χ3v) is 3.98. The van der Waals surface area contributed by atoms with E-state index in [-0.39, 0.29) is 19.6 Å². The minimum Gasteiger partial charge on any atom is -0.475 e. The van der Waals surface area contributed by atoms with Crippen LogP contribution in [0, 0.1) is 0 Å². The molecular weight excluding hydrogens is 334 g/mol. The van der Waals surface area contributed by atoms with Crippen molar-refractivity contribution >= 4 is 17.3 Å². The van der Waals surface area contributed by atoms with Crippen LogP contribution >= 0.6 is 11.7 Å². The number of ether oxygens (including phenoxy) is 1. The van der Waals surface area contributed by atoms with Crippen LogP contribution in [-0.2, 0) is 0 Å². The molecule has 0 spiro atoms. The highest BCUT2D eigenvalue weighted by Gasteiger charge is 2.25. The van der Waals surface area contributed by atoms with E-state index in [9.17, 15) is 17.6 Å². The molecule has 130 valence electrons. The van der Waals surface area contributed by atoms with Crippen LogP contribution in [0.5, 0.6) is 5.88 Å².